The Morgan fingerprint density at radius 1 is 1.06 bits per heavy atom. The average molecular weight is 257 g/mol. The topological polar surface area (TPSA) is 30.5 Å². The van der Waals surface area contributed by atoms with Crippen LogP contribution in [-0.2, 0) is 9.47 Å². The molecule has 0 aromatic carbocycles. The summed E-state index contributed by atoms with van der Waals surface area (Å²) >= 11 is 0. The minimum absolute atomic E-state index is 0.554. The second-order valence-corrected chi connectivity index (χ2v) is 5.55. The van der Waals surface area contributed by atoms with Crippen LogP contribution in [0.15, 0.2) is 0 Å². The molecule has 0 aromatic rings. The monoisotopic (exact) mass is 257 g/mol. The summed E-state index contributed by atoms with van der Waals surface area (Å²) < 4.78 is 10.5. The highest BCUT2D eigenvalue weighted by Crippen LogP contribution is 2.39. The van der Waals surface area contributed by atoms with Gasteiger partial charge in [0.05, 0.1) is 13.2 Å². The van der Waals surface area contributed by atoms with Crippen LogP contribution >= 0.6 is 0 Å². The second kappa shape index (κ2) is 9.76. The molecule has 1 aliphatic carbocycles. The fourth-order valence-electron chi connectivity index (χ4n) is 3.00. The summed E-state index contributed by atoms with van der Waals surface area (Å²) in [7, 11) is 1.72. The number of rotatable bonds is 10. The van der Waals surface area contributed by atoms with Crippen LogP contribution in [0.4, 0.5) is 0 Å². The molecule has 1 aliphatic rings. The van der Waals surface area contributed by atoms with Gasteiger partial charge in [-0.1, -0.05) is 26.2 Å². The summed E-state index contributed by atoms with van der Waals surface area (Å²) in [5.74, 6) is 0. The Balaban J connectivity index is 2.19. The molecule has 1 N–H and O–H groups in total. The molecule has 0 heterocycles. The molecule has 0 spiro atoms. The van der Waals surface area contributed by atoms with E-state index in [0.717, 1.165) is 19.8 Å². The molecule has 0 aliphatic heterocycles. The molecule has 0 aromatic heterocycles. The van der Waals surface area contributed by atoms with Crippen LogP contribution in [0, 0.1) is 5.41 Å². The maximum atomic E-state index is 5.57. The van der Waals surface area contributed by atoms with Gasteiger partial charge in [-0.3, -0.25) is 0 Å². The van der Waals surface area contributed by atoms with Gasteiger partial charge >= 0.3 is 0 Å². The van der Waals surface area contributed by atoms with E-state index in [4.69, 9.17) is 9.47 Å². The highest BCUT2D eigenvalue weighted by atomic mass is 16.5. The van der Waals surface area contributed by atoms with E-state index in [9.17, 15) is 0 Å². The minimum Gasteiger partial charge on any atom is -0.382 e. The first-order chi connectivity index (χ1) is 8.83. The third-order valence-electron chi connectivity index (χ3n) is 4.09. The summed E-state index contributed by atoms with van der Waals surface area (Å²) in [6.45, 7) is 6.81. The molecule has 1 rings (SSSR count). The lowest BCUT2D eigenvalue weighted by Gasteiger charge is -2.37. The lowest BCUT2D eigenvalue weighted by molar-refractivity contribution is 0.0594. The fourth-order valence-corrected chi connectivity index (χ4v) is 3.00. The van der Waals surface area contributed by atoms with Crippen molar-refractivity contribution in [2.24, 2.45) is 5.41 Å². The van der Waals surface area contributed by atoms with E-state index in [1.54, 1.807) is 7.11 Å². The van der Waals surface area contributed by atoms with Crippen molar-refractivity contribution in [1.82, 2.24) is 5.32 Å². The zero-order valence-corrected chi connectivity index (χ0v) is 12.3. The minimum atomic E-state index is 0.554. The highest BCUT2D eigenvalue weighted by Gasteiger charge is 2.30. The van der Waals surface area contributed by atoms with Crippen molar-refractivity contribution in [1.29, 1.82) is 0 Å². The fraction of sp³-hybridized carbons (Fsp3) is 1.00. The summed E-state index contributed by atoms with van der Waals surface area (Å²) in [4.78, 5) is 0. The van der Waals surface area contributed by atoms with Crippen LogP contribution in [0.25, 0.3) is 0 Å². The van der Waals surface area contributed by atoms with Gasteiger partial charge in [0, 0.05) is 20.3 Å². The molecule has 1 saturated carbocycles. The Hall–Kier alpha value is -0.120. The molecule has 18 heavy (non-hydrogen) atoms. The van der Waals surface area contributed by atoms with Crippen LogP contribution in [0.2, 0.25) is 0 Å². The Bertz CT molecular complexity index is 191. The first-order valence-electron chi connectivity index (χ1n) is 7.60. The molecule has 0 atom stereocenters. The lowest BCUT2D eigenvalue weighted by Crippen LogP contribution is -2.36. The van der Waals surface area contributed by atoms with Gasteiger partial charge in [0.2, 0.25) is 0 Å². The van der Waals surface area contributed by atoms with Crippen molar-refractivity contribution in [2.45, 2.75) is 51.9 Å². The van der Waals surface area contributed by atoms with Gasteiger partial charge in [0.15, 0.2) is 0 Å². The molecular formula is C15H31NO2. The van der Waals surface area contributed by atoms with E-state index in [1.165, 1.54) is 51.5 Å². The third kappa shape index (κ3) is 6.17. The van der Waals surface area contributed by atoms with E-state index in [2.05, 4.69) is 12.2 Å². The van der Waals surface area contributed by atoms with Crippen LogP contribution in [0.5, 0.6) is 0 Å². The van der Waals surface area contributed by atoms with Gasteiger partial charge in [0.1, 0.15) is 0 Å². The van der Waals surface area contributed by atoms with Gasteiger partial charge in [0.25, 0.3) is 0 Å². The van der Waals surface area contributed by atoms with Crippen LogP contribution in [0.1, 0.15) is 51.9 Å². The largest absolute Gasteiger partial charge is 0.382 e. The number of hydrogen-bond donors (Lipinski definition) is 1. The molecule has 3 heteroatoms. The van der Waals surface area contributed by atoms with E-state index in [-0.39, 0.29) is 0 Å². The zero-order valence-electron chi connectivity index (χ0n) is 12.3. The zero-order chi connectivity index (χ0) is 13.1. The van der Waals surface area contributed by atoms with E-state index >= 15 is 0 Å². The molecule has 3 nitrogen and oxygen atoms in total. The number of ether oxygens (including phenoxy) is 2. The Labute approximate surface area is 113 Å². The molecule has 0 radical (unpaired) electrons. The van der Waals surface area contributed by atoms with Gasteiger partial charge in [-0.05, 0) is 37.6 Å². The van der Waals surface area contributed by atoms with Gasteiger partial charge < -0.3 is 14.8 Å². The number of methoxy groups -OCH3 is 1. The maximum Gasteiger partial charge on any atom is 0.0700 e. The van der Waals surface area contributed by atoms with Crippen molar-refractivity contribution in [2.75, 3.05) is 40.0 Å². The molecule has 0 amide bonds. The molecule has 0 bridgehead atoms. The Morgan fingerprint density at radius 3 is 2.50 bits per heavy atom. The summed E-state index contributed by atoms with van der Waals surface area (Å²) in [6.07, 6.45) is 9.56. The second-order valence-electron chi connectivity index (χ2n) is 5.55. The number of hydrogen-bond acceptors (Lipinski definition) is 3. The molecular weight excluding hydrogens is 226 g/mol. The Kier molecular flexibility index (Phi) is 8.64. The van der Waals surface area contributed by atoms with Crippen molar-refractivity contribution in [3.05, 3.63) is 0 Å². The van der Waals surface area contributed by atoms with E-state index in [0.29, 0.717) is 12.0 Å². The average Bonchev–Trinajstić information content (AvgIpc) is 2.42. The van der Waals surface area contributed by atoms with Crippen LogP contribution in [-0.4, -0.2) is 40.0 Å². The summed E-state index contributed by atoms with van der Waals surface area (Å²) in [5.41, 5.74) is 0.554. The third-order valence-corrected chi connectivity index (χ3v) is 4.09. The van der Waals surface area contributed by atoms with Crippen molar-refractivity contribution in [3.63, 3.8) is 0 Å². The van der Waals surface area contributed by atoms with E-state index < -0.39 is 0 Å². The normalized spacial score (nSPS) is 19.0. The van der Waals surface area contributed by atoms with Crippen molar-refractivity contribution < 1.29 is 9.47 Å². The Morgan fingerprint density at radius 2 is 1.83 bits per heavy atom. The maximum absolute atomic E-state index is 5.57. The van der Waals surface area contributed by atoms with Crippen LogP contribution in [0.3, 0.4) is 0 Å². The standard InChI is InChI=1S/C15H31NO2/c1-3-16-14-15(8-5-4-6-9-15)10-7-11-18-13-12-17-2/h16H,3-14H2,1-2H3. The first kappa shape index (κ1) is 15.9. The van der Waals surface area contributed by atoms with Gasteiger partial charge in [-0.2, -0.15) is 0 Å². The lowest BCUT2D eigenvalue weighted by atomic mass is 9.71. The van der Waals surface area contributed by atoms with Crippen LogP contribution < -0.4 is 5.32 Å². The van der Waals surface area contributed by atoms with Crippen molar-refractivity contribution in [3.8, 4) is 0 Å². The van der Waals surface area contributed by atoms with Gasteiger partial charge in [-0.25, -0.2) is 0 Å². The molecule has 1 fully saturated rings. The predicted octanol–water partition coefficient (Wildman–Crippen LogP) is 2.99. The van der Waals surface area contributed by atoms with Gasteiger partial charge in [-0.15, -0.1) is 0 Å². The quantitative estimate of drug-likeness (QED) is 0.610. The summed E-state index contributed by atoms with van der Waals surface area (Å²) in [6, 6.07) is 0. The molecule has 0 saturated heterocycles. The molecule has 0 unspecified atom stereocenters. The predicted molar refractivity (Wildman–Crippen MR) is 76.0 cm³/mol. The smallest absolute Gasteiger partial charge is 0.0700 e. The highest BCUT2D eigenvalue weighted by molar-refractivity contribution is 4.84. The van der Waals surface area contributed by atoms with Crippen molar-refractivity contribution >= 4 is 0 Å². The molecule has 108 valence electrons. The first-order valence-corrected chi connectivity index (χ1v) is 7.60. The number of nitrogens with one attached hydrogen (secondary N) is 1. The SMILES string of the molecule is CCNCC1(CCCOCCOC)CCCCC1. The van der Waals surface area contributed by atoms with E-state index in [1.807, 2.05) is 0 Å². The summed E-state index contributed by atoms with van der Waals surface area (Å²) in [5, 5.41) is 3.56.